The summed E-state index contributed by atoms with van der Waals surface area (Å²) in [4.78, 5) is 17.2. The van der Waals surface area contributed by atoms with E-state index in [1.165, 1.54) is 12.8 Å². The van der Waals surface area contributed by atoms with Gasteiger partial charge in [-0.25, -0.2) is 4.98 Å². The third kappa shape index (κ3) is 3.89. The lowest BCUT2D eigenvalue weighted by molar-refractivity contribution is -0.122. The van der Waals surface area contributed by atoms with Crippen LogP contribution in [0.25, 0.3) is 11.0 Å². The van der Waals surface area contributed by atoms with Crippen molar-refractivity contribution in [2.45, 2.75) is 50.9 Å². The van der Waals surface area contributed by atoms with Crippen molar-refractivity contribution >= 4 is 28.7 Å². The van der Waals surface area contributed by atoms with Crippen molar-refractivity contribution in [3.8, 4) is 0 Å². The van der Waals surface area contributed by atoms with Gasteiger partial charge < -0.3 is 9.88 Å². The van der Waals surface area contributed by atoms with Crippen LogP contribution in [-0.2, 0) is 17.1 Å². The van der Waals surface area contributed by atoms with Crippen LogP contribution in [0, 0.1) is 5.92 Å². The molecule has 1 amide bonds. The van der Waals surface area contributed by atoms with Crippen LogP contribution < -0.4 is 5.32 Å². The zero-order valence-electron chi connectivity index (χ0n) is 13.9. The van der Waals surface area contributed by atoms with Crippen molar-refractivity contribution in [2.24, 2.45) is 5.92 Å². The van der Waals surface area contributed by atoms with E-state index in [-0.39, 0.29) is 5.91 Å². The number of carbonyl (C=O) groups excluding carboxylic acids is 1. The summed E-state index contributed by atoms with van der Waals surface area (Å²) < 4.78 is 2.06. The third-order valence-electron chi connectivity index (χ3n) is 4.69. The molecule has 1 N–H and O–H groups in total. The molecule has 0 saturated heterocycles. The minimum atomic E-state index is 0.107. The van der Waals surface area contributed by atoms with Gasteiger partial charge in [0.15, 0.2) is 0 Å². The van der Waals surface area contributed by atoms with Gasteiger partial charge in [0, 0.05) is 6.04 Å². The van der Waals surface area contributed by atoms with Crippen molar-refractivity contribution in [2.75, 3.05) is 6.26 Å². The topological polar surface area (TPSA) is 46.9 Å². The standard InChI is InChI=1S/C18H25N3OS/c1-13-7-9-14(10-8-13)19-18(22)11-21-16-6-4-3-5-15(16)20-17(21)12-23-2/h3-6,13-14H,7-12H2,1-2H3,(H,19,22). The van der Waals surface area contributed by atoms with Gasteiger partial charge in [0.25, 0.3) is 0 Å². The van der Waals surface area contributed by atoms with Crippen LogP contribution >= 0.6 is 11.8 Å². The first-order valence-corrected chi connectivity index (χ1v) is 9.79. The number of rotatable bonds is 5. The number of imidazole rings is 1. The molecule has 0 radical (unpaired) electrons. The Morgan fingerprint density at radius 1 is 1.30 bits per heavy atom. The van der Waals surface area contributed by atoms with E-state index in [1.54, 1.807) is 11.8 Å². The van der Waals surface area contributed by atoms with Crippen LogP contribution in [-0.4, -0.2) is 27.8 Å². The molecule has 1 heterocycles. The molecule has 0 unspecified atom stereocenters. The molecule has 4 nitrogen and oxygen atoms in total. The molecular weight excluding hydrogens is 306 g/mol. The molecule has 1 aliphatic rings. The predicted octanol–water partition coefficient (Wildman–Crippen LogP) is 3.59. The van der Waals surface area contributed by atoms with E-state index in [9.17, 15) is 4.79 Å². The van der Waals surface area contributed by atoms with E-state index in [1.807, 2.05) is 24.3 Å². The number of aromatic nitrogens is 2. The molecule has 0 bridgehead atoms. The number of hydrogen-bond donors (Lipinski definition) is 1. The summed E-state index contributed by atoms with van der Waals surface area (Å²) in [5.74, 6) is 2.71. The maximum atomic E-state index is 12.5. The number of nitrogens with one attached hydrogen (secondary N) is 1. The second kappa shape index (κ2) is 7.39. The number of para-hydroxylation sites is 2. The Hall–Kier alpha value is -1.49. The fourth-order valence-corrected chi connectivity index (χ4v) is 3.84. The van der Waals surface area contributed by atoms with E-state index in [0.29, 0.717) is 12.6 Å². The van der Waals surface area contributed by atoms with Gasteiger partial charge in [-0.2, -0.15) is 11.8 Å². The molecular formula is C18H25N3OS. The highest BCUT2D eigenvalue weighted by atomic mass is 32.2. The zero-order chi connectivity index (χ0) is 16.2. The predicted molar refractivity (Wildman–Crippen MR) is 96.5 cm³/mol. The van der Waals surface area contributed by atoms with Gasteiger partial charge >= 0.3 is 0 Å². The van der Waals surface area contributed by atoms with Crippen molar-refractivity contribution < 1.29 is 4.79 Å². The van der Waals surface area contributed by atoms with Crippen LogP contribution in [0.1, 0.15) is 38.4 Å². The van der Waals surface area contributed by atoms with Crippen molar-refractivity contribution in [1.82, 2.24) is 14.9 Å². The summed E-state index contributed by atoms with van der Waals surface area (Å²) >= 11 is 1.73. The summed E-state index contributed by atoms with van der Waals surface area (Å²) in [6.45, 7) is 2.66. The molecule has 1 aromatic heterocycles. The van der Waals surface area contributed by atoms with Crippen molar-refractivity contribution in [3.05, 3.63) is 30.1 Å². The number of thioether (sulfide) groups is 1. The summed E-state index contributed by atoms with van der Waals surface area (Å²) in [5, 5.41) is 3.22. The smallest absolute Gasteiger partial charge is 0.240 e. The lowest BCUT2D eigenvalue weighted by Gasteiger charge is -2.27. The molecule has 1 saturated carbocycles. The van der Waals surface area contributed by atoms with Crippen LogP contribution in [0.2, 0.25) is 0 Å². The molecule has 0 aliphatic heterocycles. The maximum absolute atomic E-state index is 12.5. The number of carbonyl (C=O) groups is 1. The highest BCUT2D eigenvalue weighted by Gasteiger charge is 2.20. The molecule has 1 fully saturated rings. The molecule has 0 spiro atoms. The van der Waals surface area contributed by atoms with Gasteiger partial charge in [-0.3, -0.25) is 4.79 Å². The molecule has 5 heteroatoms. The first-order valence-electron chi connectivity index (χ1n) is 8.40. The van der Waals surface area contributed by atoms with Gasteiger partial charge in [0.05, 0.1) is 16.8 Å². The minimum absolute atomic E-state index is 0.107. The average molecular weight is 331 g/mol. The van der Waals surface area contributed by atoms with E-state index in [0.717, 1.165) is 41.4 Å². The van der Waals surface area contributed by atoms with Gasteiger partial charge in [-0.05, 0) is 50.0 Å². The Bertz CT molecular complexity index is 674. The quantitative estimate of drug-likeness (QED) is 0.911. The maximum Gasteiger partial charge on any atom is 0.240 e. The molecule has 0 atom stereocenters. The summed E-state index contributed by atoms with van der Waals surface area (Å²) in [7, 11) is 0. The van der Waals surface area contributed by atoms with E-state index in [4.69, 9.17) is 0 Å². The summed E-state index contributed by atoms with van der Waals surface area (Å²) in [6, 6.07) is 8.39. The SMILES string of the molecule is CSCc1nc2ccccc2n1CC(=O)NC1CCC(C)CC1. The molecule has 1 aliphatic carbocycles. The minimum Gasteiger partial charge on any atom is -0.352 e. The Morgan fingerprint density at radius 3 is 2.78 bits per heavy atom. The van der Waals surface area contributed by atoms with Crippen LogP contribution in [0.3, 0.4) is 0 Å². The van der Waals surface area contributed by atoms with Crippen LogP contribution in [0.5, 0.6) is 0 Å². The number of hydrogen-bond acceptors (Lipinski definition) is 3. The highest BCUT2D eigenvalue weighted by molar-refractivity contribution is 7.97. The second-order valence-corrected chi connectivity index (χ2v) is 7.43. The Labute approximate surface area is 142 Å². The van der Waals surface area contributed by atoms with E-state index in [2.05, 4.69) is 28.0 Å². The lowest BCUT2D eigenvalue weighted by Crippen LogP contribution is -2.39. The first-order chi connectivity index (χ1) is 11.2. The Kier molecular flexibility index (Phi) is 5.26. The largest absolute Gasteiger partial charge is 0.352 e. The molecule has 2 aromatic rings. The third-order valence-corrected chi connectivity index (χ3v) is 5.24. The van der Waals surface area contributed by atoms with E-state index < -0.39 is 0 Å². The van der Waals surface area contributed by atoms with E-state index >= 15 is 0 Å². The number of nitrogens with zero attached hydrogens (tertiary/aromatic N) is 2. The summed E-state index contributed by atoms with van der Waals surface area (Å²) in [6.07, 6.45) is 6.71. The van der Waals surface area contributed by atoms with Crippen LogP contribution in [0.15, 0.2) is 24.3 Å². The summed E-state index contributed by atoms with van der Waals surface area (Å²) in [5.41, 5.74) is 2.01. The number of fused-ring (bicyclic) bond motifs is 1. The Balaban J connectivity index is 1.72. The Morgan fingerprint density at radius 2 is 2.04 bits per heavy atom. The molecule has 3 rings (SSSR count). The molecule has 1 aromatic carbocycles. The lowest BCUT2D eigenvalue weighted by atomic mass is 9.87. The normalized spacial score (nSPS) is 21.5. The van der Waals surface area contributed by atoms with Crippen LogP contribution in [0.4, 0.5) is 0 Å². The highest BCUT2D eigenvalue weighted by Crippen LogP contribution is 2.24. The number of benzene rings is 1. The number of amides is 1. The molecule has 23 heavy (non-hydrogen) atoms. The fraction of sp³-hybridized carbons (Fsp3) is 0.556. The van der Waals surface area contributed by atoms with Gasteiger partial charge in [-0.15, -0.1) is 0 Å². The molecule has 124 valence electrons. The second-order valence-electron chi connectivity index (χ2n) is 6.56. The van der Waals surface area contributed by atoms with Crippen molar-refractivity contribution in [1.29, 1.82) is 0 Å². The van der Waals surface area contributed by atoms with Gasteiger partial charge in [0.2, 0.25) is 5.91 Å². The first kappa shape index (κ1) is 16.4. The van der Waals surface area contributed by atoms with Gasteiger partial charge in [0.1, 0.15) is 12.4 Å². The van der Waals surface area contributed by atoms with Crippen molar-refractivity contribution in [3.63, 3.8) is 0 Å². The zero-order valence-corrected chi connectivity index (χ0v) is 14.7. The van der Waals surface area contributed by atoms with Gasteiger partial charge in [-0.1, -0.05) is 19.1 Å². The average Bonchev–Trinajstić information content (AvgIpc) is 2.88. The monoisotopic (exact) mass is 331 g/mol. The fourth-order valence-electron chi connectivity index (χ4n) is 3.36.